The van der Waals surface area contributed by atoms with Gasteiger partial charge in [0.1, 0.15) is 11.6 Å². The first kappa shape index (κ1) is 12.6. The van der Waals surface area contributed by atoms with E-state index < -0.39 is 11.6 Å². The summed E-state index contributed by atoms with van der Waals surface area (Å²) in [5.41, 5.74) is 3.51. The van der Waals surface area contributed by atoms with Crippen LogP contribution in [-0.4, -0.2) is 0 Å². The molecule has 0 aliphatic heterocycles. The number of anilines is 1. The highest BCUT2D eigenvalue weighted by Gasteiger charge is 2.04. The number of aryl methyl sites for hydroxylation is 2. The molecule has 2 aromatic rings. The van der Waals surface area contributed by atoms with Gasteiger partial charge in [0.25, 0.3) is 0 Å². The third kappa shape index (κ3) is 3.06. The molecule has 0 bridgehead atoms. The maximum atomic E-state index is 13.4. The topological polar surface area (TPSA) is 12.0 Å². The fourth-order valence-corrected chi connectivity index (χ4v) is 1.95. The van der Waals surface area contributed by atoms with Gasteiger partial charge in [0.15, 0.2) is 0 Å². The molecule has 1 N–H and O–H groups in total. The van der Waals surface area contributed by atoms with Crippen molar-refractivity contribution in [3.63, 3.8) is 0 Å². The van der Waals surface area contributed by atoms with Crippen molar-refractivity contribution in [2.24, 2.45) is 0 Å². The van der Waals surface area contributed by atoms with Crippen molar-refractivity contribution in [1.82, 2.24) is 0 Å². The highest BCUT2D eigenvalue weighted by molar-refractivity contribution is 5.48. The standard InChI is InChI=1S/C15H15F2N/c1-10-5-11(2)7-14(6-10)18-9-12-8-13(16)3-4-15(12)17/h3-8,18H,9H2,1-2H3. The van der Waals surface area contributed by atoms with E-state index in [-0.39, 0.29) is 6.54 Å². The van der Waals surface area contributed by atoms with Crippen molar-refractivity contribution < 1.29 is 8.78 Å². The lowest BCUT2D eigenvalue weighted by molar-refractivity contribution is 0.587. The van der Waals surface area contributed by atoms with Crippen LogP contribution in [0, 0.1) is 25.5 Å². The molecule has 0 saturated carbocycles. The van der Waals surface area contributed by atoms with Gasteiger partial charge in [-0.25, -0.2) is 8.78 Å². The highest BCUT2D eigenvalue weighted by atomic mass is 19.1. The average Bonchev–Trinajstić information content (AvgIpc) is 2.29. The van der Waals surface area contributed by atoms with Gasteiger partial charge in [0.2, 0.25) is 0 Å². The van der Waals surface area contributed by atoms with Crippen LogP contribution in [0.25, 0.3) is 0 Å². The maximum Gasteiger partial charge on any atom is 0.128 e. The van der Waals surface area contributed by atoms with Crippen molar-refractivity contribution >= 4 is 5.69 Å². The zero-order chi connectivity index (χ0) is 13.1. The molecule has 0 spiro atoms. The normalized spacial score (nSPS) is 10.4. The van der Waals surface area contributed by atoms with E-state index in [2.05, 4.69) is 11.4 Å². The second-order valence-corrected chi connectivity index (χ2v) is 4.47. The van der Waals surface area contributed by atoms with E-state index in [0.29, 0.717) is 5.56 Å². The number of hydrogen-bond donors (Lipinski definition) is 1. The minimum absolute atomic E-state index is 0.270. The molecule has 0 saturated heterocycles. The molecular weight excluding hydrogens is 232 g/mol. The van der Waals surface area contributed by atoms with Crippen LogP contribution in [0.4, 0.5) is 14.5 Å². The molecule has 0 fully saturated rings. The van der Waals surface area contributed by atoms with Gasteiger partial charge in [-0.05, 0) is 55.3 Å². The van der Waals surface area contributed by atoms with Crippen LogP contribution < -0.4 is 5.32 Å². The van der Waals surface area contributed by atoms with Gasteiger partial charge in [0, 0.05) is 17.8 Å². The number of nitrogens with one attached hydrogen (secondary N) is 1. The van der Waals surface area contributed by atoms with Crippen molar-refractivity contribution in [1.29, 1.82) is 0 Å². The van der Waals surface area contributed by atoms with Crippen LogP contribution in [-0.2, 0) is 6.54 Å². The van der Waals surface area contributed by atoms with Gasteiger partial charge in [-0.1, -0.05) is 6.07 Å². The van der Waals surface area contributed by atoms with Gasteiger partial charge in [-0.3, -0.25) is 0 Å². The van der Waals surface area contributed by atoms with Crippen LogP contribution in [0.2, 0.25) is 0 Å². The van der Waals surface area contributed by atoms with Crippen LogP contribution >= 0.6 is 0 Å². The second kappa shape index (κ2) is 5.17. The molecule has 3 heteroatoms. The maximum absolute atomic E-state index is 13.4. The molecule has 0 heterocycles. The molecule has 18 heavy (non-hydrogen) atoms. The Hall–Kier alpha value is -1.90. The van der Waals surface area contributed by atoms with Crippen molar-refractivity contribution in [2.75, 3.05) is 5.32 Å². The van der Waals surface area contributed by atoms with E-state index in [1.165, 1.54) is 6.07 Å². The predicted octanol–water partition coefficient (Wildman–Crippen LogP) is 4.19. The minimum atomic E-state index is -0.423. The van der Waals surface area contributed by atoms with Crippen LogP contribution in [0.15, 0.2) is 36.4 Å². The van der Waals surface area contributed by atoms with Crippen LogP contribution in [0.3, 0.4) is 0 Å². The average molecular weight is 247 g/mol. The van der Waals surface area contributed by atoms with Crippen molar-refractivity contribution in [3.05, 3.63) is 64.7 Å². The minimum Gasteiger partial charge on any atom is -0.381 e. The molecule has 0 unspecified atom stereocenters. The molecular formula is C15H15F2N. The Balaban J connectivity index is 2.13. The second-order valence-electron chi connectivity index (χ2n) is 4.47. The number of halogens is 2. The van der Waals surface area contributed by atoms with E-state index in [4.69, 9.17) is 0 Å². The van der Waals surface area contributed by atoms with Gasteiger partial charge in [-0.2, -0.15) is 0 Å². The molecule has 0 aliphatic carbocycles. The van der Waals surface area contributed by atoms with E-state index >= 15 is 0 Å². The zero-order valence-corrected chi connectivity index (χ0v) is 10.4. The third-order valence-corrected chi connectivity index (χ3v) is 2.71. The molecule has 2 aromatic carbocycles. The summed E-state index contributed by atoms with van der Waals surface area (Å²) in [6, 6.07) is 9.50. The Bertz CT molecular complexity index is 544. The summed E-state index contributed by atoms with van der Waals surface area (Å²) in [6.45, 7) is 4.27. The molecule has 0 amide bonds. The zero-order valence-electron chi connectivity index (χ0n) is 10.4. The fourth-order valence-electron chi connectivity index (χ4n) is 1.95. The van der Waals surface area contributed by atoms with Gasteiger partial charge < -0.3 is 5.32 Å². The van der Waals surface area contributed by atoms with E-state index in [9.17, 15) is 8.78 Å². The summed E-state index contributed by atoms with van der Waals surface area (Å²) in [4.78, 5) is 0. The number of rotatable bonds is 3. The molecule has 0 radical (unpaired) electrons. The van der Waals surface area contributed by atoms with Gasteiger partial charge in [-0.15, -0.1) is 0 Å². The van der Waals surface area contributed by atoms with E-state index in [1.807, 2.05) is 26.0 Å². The smallest absolute Gasteiger partial charge is 0.128 e. The Morgan fingerprint density at radius 1 is 0.944 bits per heavy atom. The molecule has 2 rings (SSSR count). The van der Waals surface area contributed by atoms with Gasteiger partial charge in [0.05, 0.1) is 0 Å². The van der Waals surface area contributed by atoms with E-state index in [0.717, 1.165) is 28.9 Å². The fraction of sp³-hybridized carbons (Fsp3) is 0.200. The Morgan fingerprint density at radius 2 is 1.61 bits per heavy atom. The summed E-state index contributed by atoms with van der Waals surface area (Å²) in [5.74, 6) is -0.818. The Labute approximate surface area is 105 Å². The SMILES string of the molecule is Cc1cc(C)cc(NCc2cc(F)ccc2F)c1. The first-order chi connectivity index (χ1) is 8.54. The number of benzene rings is 2. The monoisotopic (exact) mass is 247 g/mol. The lowest BCUT2D eigenvalue weighted by atomic mass is 10.1. The lowest BCUT2D eigenvalue weighted by Gasteiger charge is -2.09. The quantitative estimate of drug-likeness (QED) is 0.857. The van der Waals surface area contributed by atoms with Crippen molar-refractivity contribution in [3.8, 4) is 0 Å². The Kier molecular flexibility index (Phi) is 3.60. The first-order valence-corrected chi connectivity index (χ1v) is 5.81. The van der Waals surface area contributed by atoms with Crippen molar-refractivity contribution in [2.45, 2.75) is 20.4 Å². The first-order valence-electron chi connectivity index (χ1n) is 5.81. The third-order valence-electron chi connectivity index (χ3n) is 2.71. The molecule has 0 aromatic heterocycles. The summed E-state index contributed by atoms with van der Waals surface area (Å²) in [5, 5.41) is 3.10. The predicted molar refractivity (Wildman–Crippen MR) is 69.6 cm³/mol. The summed E-state index contributed by atoms with van der Waals surface area (Å²) >= 11 is 0. The van der Waals surface area contributed by atoms with Crippen LogP contribution in [0.1, 0.15) is 16.7 Å². The van der Waals surface area contributed by atoms with E-state index in [1.54, 1.807) is 0 Å². The molecule has 1 nitrogen and oxygen atoms in total. The van der Waals surface area contributed by atoms with Gasteiger partial charge >= 0.3 is 0 Å². The largest absolute Gasteiger partial charge is 0.381 e. The Morgan fingerprint density at radius 3 is 2.28 bits per heavy atom. The van der Waals surface area contributed by atoms with Crippen LogP contribution in [0.5, 0.6) is 0 Å². The summed E-state index contributed by atoms with van der Waals surface area (Å²) in [7, 11) is 0. The summed E-state index contributed by atoms with van der Waals surface area (Å²) < 4.78 is 26.4. The lowest BCUT2D eigenvalue weighted by Crippen LogP contribution is -2.02. The molecule has 0 atom stereocenters. The molecule has 0 aliphatic rings. The highest BCUT2D eigenvalue weighted by Crippen LogP contribution is 2.16. The number of hydrogen-bond acceptors (Lipinski definition) is 1. The summed E-state index contributed by atoms with van der Waals surface area (Å²) in [6.07, 6.45) is 0. The molecule has 94 valence electrons.